The molecule has 0 amide bonds. The molecule has 0 saturated carbocycles. The number of rotatable bonds is 15. The van der Waals surface area contributed by atoms with E-state index in [-0.39, 0.29) is 5.82 Å². The van der Waals surface area contributed by atoms with E-state index in [4.69, 9.17) is 23.7 Å². The van der Waals surface area contributed by atoms with Gasteiger partial charge in [0.25, 0.3) is 11.8 Å². The van der Waals surface area contributed by atoms with Crippen LogP contribution in [0.25, 0.3) is 21.8 Å². The van der Waals surface area contributed by atoms with Crippen LogP contribution in [0.1, 0.15) is 24.0 Å². The number of fused-ring (bicyclic) bond motifs is 2. The number of nitrogens with zero attached hydrogens (tertiary/aromatic N) is 8. The fraction of sp³-hybridized carbons (Fsp3) is 0.442. The van der Waals surface area contributed by atoms with Crippen LogP contribution in [0.3, 0.4) is 0 Å². The van der Waals surface area contributed by atoms with Gasteiger partial charge in [0.1, 0.15) is 24.2 Å². The molecule has 0 radical (unpaired) electrons. The van der Waals surface area contributed by atoms with Crippen LogP contribution in [0.5, 0.6) is 29.0 Å². The van der Waals surface area contributed by atoms with Crippen molar-refractivity contribution < 1.29 is 28.1 Å². The van der Waals surface area contributed by atoms with E-state index in [1.54, 1.807) is 47.7 Å². The largest absolute Gasteiger partial charge is 0.497 e. The first kappa shape index (κ1) is 41.3. The average molecular weight is 811 g/mol. The Hall–Kier alpha value is -5.87. The van der Waals surface area contributed by atoms with E-state index in [1.165, 1.54) is 35.2 Å². The zero-order valence-corrected chi connectivity index (χ0v) is 34.7. The number of piperazine rings is 2. The summed E-state index contributed by atoms with van der Waals surface area (Å²) in [6.45, 7) is 9.55. The molecule has 2 aromatic carbocycles. The predicted molar refractivity (Wildman–Crippen MR) is 227 cm³/mol. The van der Waals surface area contributed by atoms with Crippen LogP contribution in [0.2, 0.25) is 0 Å². The molecule has 314 valence electrons. The van der Waals surface area contributed by atoms with Crippen LogP contribution in [-0.2, 0) is 12.8 Å². The molecule has 2 aliphatic heterocycles. The van der Waals surface area contributed by atoms with Gasteiger partial charge in [-0.05, 0) is 86.3 Å². The summed E-state index contributed by atoms with van der Waals surface area (Å²) in [4.78, 5) is 33.1. The number of halogens is 1. The molecule has 2 saturated heterocycles. The number of hydrogen-bond acceptors (Lipinski definition) is 13. The molecule has 0 atom stereocenters. The van der Waals surface area contributed by atoms with E-state index in [9.17, 15) is 4.39 Å². The molecule has 16 heteroatoms. The second-order valence-corrected chi connectivity index (χ2v) is 14.6. The first-order valence-electron chi connectivity index (χ1n) is 20.1. The molecule has 8 rings (SSSR count). The van der Waals surface area contributed by atoms with Gasteiger partial charge in [0.2, 0.25) is 11.5 Å². The van der Waals surface area contributed by atoms with Crippen molar-refractivity contribution in [3.05, 3.63) is 78.4 Å². The summed E-state index contributed by atoms with van der Waals surface area (Å²) in [6.07, 6.45) is 11.3. The number of anilines is 2. The van der Waals surface area contributed by atoms with Crippen molar-refractivity contribution in [2.45, 2.75) is 25.7 Å². The third kappa shape index (κ3) is 9.71. The van der Waals surface area contributed by atoms with Crippen molar-refractivity contribution >= 4 is 33.4 Å². The summed E-state index contributed by atoms with van der Waals surface area (Å²) in [5.74, 6) is 4.40. The fourth-order valence-electron chi connectivity index (χ4n) is 8.00. The van der Waals surface area contributed by atoms with E-state index >= 15 is 0 Å². The van der Waals surface area contributed by atoms with Crippen molar-refractivity contribution in [3.63, 3.8) is 0 Å². The summed E-state index contributed by atoms with van der Waals surface area (Å²) in [5.41, 5.74) is 4.68. The molecule has 6 heterocycles. The molecule has 2 fully saturated rings. The van der Waals surface area contributed by atoms with Gasteiger partial charge in [0.15, 0.2) is 11.6 Å². The van der Waals surface area contributed by atoms with Crippen molar-refractivity contribution in [3.8, 4) is 29.0 Å². The van der Waals surface area contributed by atoms with Gasteiger partial charge in [-0.1, -0.05) is 0 Å². The van der Waals surface area contributed by atoms with Crippen LogP contribution in [0.15, 0.2) is 61.4 Å². The van der Waals surface area contributed by atoms with E-state index in [2.05, 4.69) is 67.8 Å². The topological polar surface area (TPSA) is 142 Å². The van der Waals surface area contributed by atoms with Gasteiger partial charge in [-0.3, -0.25) is 9.80 Å². The third-order valence-corrected chi connectivity index (χ3v) is 11.2. The highest BCUT2D eigenvalue weighted by atomic mass is 19.1. The van der Waals surface area contributed by atoms with Crippen LogP contribution < -0.4 is 33.5 Å². The minimum atomic E-state index is -0.189. The standard InChI is InChI=1S/C22H29N5O3.C21H26FN5O2/c1-28-17-6-7-19-18(13-17)16(14-23-19)5-4-8-26-9-11-27(12-10-26)21-20(29-2)22(30-3)25-15-24-21;1-28-19-20(24-14-25-21(19)29-2)27-10-8-26(9-11-27)7-3-4-15-13-23-18-6-5-16(22)12-17(15)18/h6-7,13-15,23H,4-5,8-12H2,1-3H3;5-6,12-14,23H,3-4,7-11H2,1-2H3. The maximum absolute atomic E-state index is 13.5. The number of ether oxygens (including phenoxy) is 5. The Bertz CT molecular complexity index is 2270. The summed E-state index contributed by atoms with van der Waals surface area (Å²) < 4.78 is 40.4. The quantitative estimate of drug-likeness (QED) is 0.133. The van der Waals surface area contributed by atoms with Gasteiger partial charge >= 0.3 is 0 Å². The van der Waals surface area contributed by atoms with Crippen LogP contribution in [0.4, 0.5) is 16.0 Å². The number of hydrogen-bond donors (Lipinski definition) is 2. The fourth-order valence-corrected chi connectivity index (χ4v) is 8.00. The molecule has 59 heavy (non-hydrogen) atoms. The average Bonchev–Trinajstić information content (AvgIpc) is 3.89. The Kier molecular flexibility index (Phi) is 13.8. The van der Waals surface area contributed by atoms with Gasteiger partial charge in [-0.2, -0.15) is 9.97 Å². The number of nitrogens with one attached hydrogen (secondary N) is 2. The van der Waals surface area contributed by atoms with Gasteiger partial charge in [0.05, 0.1) is 35.5 Å². The zero-order chi connectivity index (χ0) is 41.1. The van der Waals surface area contributed by atoms with Gasteiger partial charge in [-0.25, -0.2) is 14.4 Å². The summed E-state index contributed by atoms with van der Waals surface area (Å²) in [5, 5.41) is 2.24. The number of aromatic amines is 2. The van der Waals surface area contributed by atoms with Crippen LogP contribution in [-0.4, -0.2) is 141 Å². The monoisotopic (exact) mass is 810 g/mol. The molecular weight excluding hydrogens is 756 g/mol. The Morgan fingerprint density at radius 3 is 1.49 bits per heavy atom. The Morgan fingerprint density at radius 2 is 1.03 bits per heavy atom. The maximum atomic E-state index is 13.5. The number of methoxy groups -OCH3 is 5. The highest BCUT2D eigenvalue weighted by Gasteiger charge is 2.25. The molecule has 2 aliphatic rings. The Balaban J connectivity index is 0.000000179. The van der Waals surface area contributed by atoms with Gasteiger partial charge < -0.3 is 43.5 Å². The molecule has 2 N–H and O–H groups in total. The van der Waals surface area contributed by atoms with Crippen LogP contribution >= 0.6 is 0 Å². The number of aryl methyl sites for hydroxylation is 2. The minimum absolute atomic E-state index is 0.189. The highest BCUT2D eigenvalue weighted by molar-refractivity contribution is 5.85. The van der Waals surface area contributed by atoms with Crippen molar-refractivity contribution in [2.75, 3.05) is 111 Å². The molecule has 4 aromatic heterocycles. The summed E-state index contributed by atoms with van der Waals surface area (Å²) in [7, 11) is 8.12. The number of H-pyrrole nitrogens is 2. The summed E-state index contributed by atoms with van der Waals surface area (Å²) in [6, 6.07) is 11.1. The second kappa shape index (κ2) is 19.7. The normalized spacial score (nSPS) is 14.9. The summed E-state index contributed by atoms with van der Waals surface area (Å²) >= 11 is 0. The van der Waals surface area contributed by atoms with E-state index in [1.807, 2.05) is 12.3 Å². The molecule has 0 bridgehead atoms. The lowest BCUT2D eigenvalue weighted by Gasteiger charge is -2.35. The van der Waals surface area contributed by atoms with E-state index in [0.29, 0.717) is 23.3 Å². The predicted octanol–water partition coefficient (Wildman–Crippen LogP) is 5.61. The van der Waals surface area contributed by atoms with Crippen molar-refractivity contribution in [1.29, 1.82) is 0 Å². The first-order chi connectivity index (χ1) is 28.9. The molecule has 0 aliphatic carbocycles. The SMILES string of the molecule is COc1ccc2[nH]cc(CCCN3CCN(c4ncnc(OC)c4OC)CC3)c2c1.COc1ncnc(N2CCN(CCCc3c[nH]c4ccc(F)cc34)CC2)c1OC. The van der Waals surface area contributed by atoms with Gasteiger partial charge in [0, 0.05) is 86.6 Å². The molecular formula is C43H55FN10O5. The third-order valence-electron chi connectivity index (χ3n) is 11.2. The molecule has 15 nitrogen and oxygen atoms in total. The molecule has 6 aromatic rings. The molecule has 0 spiro atoms. The lowest BCUT2D eigenvalue weighted by atomic mass is 10.1. The number of benzene rings is 2. The Labute approximate surface area is 344 Å². The lowest BCUT2D eigenvalue weighted by molar-refractivity contribution is 0.253. The maximum Gasteiger partial charge on any atom is 0.262 e. The van der Waals surface area contributed by atoms with Crippen molar-refractivity contribution in [2.24, 2.45) is 0 Å². The van der Waals surface area contributed by atoms with Crippen molar-refractivity contribution in [1.82, 2.24) is 39.7 Å². The zero-order valence-electron chi connectivity index (χ0n) is 34.7. The van der Waals surface area contributed by atoms with Gasteiger partial charge in [-0.15, -0.1) is 0 Å². The lowest BCUT2D eigenvalue weighted by Crippen LogP contribution is -2.47. The van der Waals surface area contributed by atoms with Crippen LogP contribution in [0, 0.1) is 5.82 Å². The first-order valence-corrected chi connectivity index (χ1v) is 20.1. The highest BCUT2D eigenvalue weighted by Crippen LogP contribution is 2.35. The van der Waals surface area contributed by atoms with E-state index < -0.39 is 0 Å². The molecule has 0 unspecified atom stereocenters. The minimum Gasteiger partial charge on any atom is -0.497 e. The Morgan fingerprint density at radius 1 is 0.559 bits per heavy atom. The van der Waals surface area contributed by atoms with E-state index in [0.717, 1.165) is 125 Å². The number of aromatic nitrogens is 6. The smallest absolute Gasteiger partial charge is 0.262 e. The second-order valence-electron chi connectivity index (χ2n) is 14.6.